The molecule has 0 fully saturated rings. The third-order valence-corrected chi connectivity index (χ3v) is 15.0. The molecule has 0 aliphatic heterocycles. The Morgan fingerprint density at radius 1 is 0.293 bits per heavy atom. The lowest BCUT2D eigenvalue weighted by molar-refractivity contribution is 1.19. The van der Waals surface area contributed by atoms with Crippen molar-refractivity contribution in [2.24, 2.45) is 0 Å². The van der Waals surface area contributed by atoms with E-state index in [0.717, 1.165) is 0 Å². The van der Waals surface area contributed by atoms with Gasteiger partial charge in [0.15, 0.2) is 0 Å². The highest BCUT2D eigenvalue weighted by Gasteiger charge is 2.24. The topological polar surface area (TPSA) is 9.86 Å². The molecule has 268 valence electrons. The zero-order valence-corrected chi connectivity index (χ0v) is 32.7. The zero-order chi connectivity index (χ0) is 37.6. The van der Waals surface area contributed by atoms with Gasteiger partial charge in [0.05, 0.1) is 31.5 Å². The minimum absolute atomic E-state index is 1.18. The average molecular weight is 771 g/mol. The molecule has 14 rings (SSSR count). The summed E-state index contributed by atoms with van der Waals surface area (Å²) in [5, 5.41) is 18.3. The second kappa shape index (κ2) is 11.3. The standard InChI is InChI=1S/C54H30N2S2/c1-3-15-37-35(13-1)47-39-17-5-9-21-43(39)55(51(47)53-49(37)41-19-7-11-23-45(41)57-53)33-27-25-32-30-34(28-26-31(32)29-33)56-44-22-10-6-18-40(44)48-36-14-2-4-16-38(36)50-42-20-8-12-24-46(42)58-54(50)52(48)56/h1-30H. The van der Waals surface area contributed by atoms with Crippen LogP contribution in [0.25, 0.3) is 128 Å². The van der Waals surface area contributed by atoms with Crippen LogP contribution in [0.4, 0.5) is 0 Å². The summed E-state index contributed by atoms with van der Waals surface area (Å²) in [6.07, 6.45) is 0. The quantitative estimate of drug-likeness (QED) is 0.166. The fraction of sp³-hybridized carbons (Fsp3) is 0. The molecule has 0 N–H and O–H groups in total. The Bertz CT molecular complexity index is 3830. The number of nitrogens with zero attached hydrogens (tertiary/aromatic N) is 2. The van der Waals surface area contributed by atoms with E-state index in [1.54, 1.807) is 0 Å². The van der Waals surface area contributed by atoms with E-state index in [9.17, 15) is 0 Å². The first kappa shape index (κ1) is 31.1. The number of hydrogen-bond acceptors (Lipinski definition) is 2. The van der Waals surface area contributed by atoms with Crippen LogP contribution < -0.4 is 0 Å². The summed E-state index contributed by atoms with van der Waals surface area (Å²) >= 11 is 3.83. The number of aromatic nitrogens is 2. The van der Waals surface area contributed by atoms with Gasteiger partial charge in [-0.15, -0.1) is 22.7 Å². The normalized spacial score (nSPS) is 12.5. The Morgan fingerprint density at radius 2 is 0.638 bits per heavy atom. The third kappa shape index (κ3) is 3.96. The summed E-state index contributed by atoms with van der Waals surface area (Å²) in [6, 6.07) is 67.8. The van der Waals surface area contributed by atoms with E-state index in [1.165, 1.54) is 128 Å². The Labute approximate surface area is 339 Å². The van der Waals surface area contributed by atoms with E-state index in [-0.39, 0.29) is 0 Å². The van der Waals surface area contributed by atoms with Crippen molar-refractivity contribution in [3.05, 3.63) is 182 Å². The van der Waals surface area contributed by atoms with E-state index in [4.69, 9.17) is 0 Å². The summed E-state index contributed by atoms with van der Waals surface area (Å²) in [7, 11) is 0. The summed E-state index contributed by atoms with van der Waals surface area (Å²) in [5.74, 6) is 0. The zero-order valence-electron chi connectivity index (χ0n) is 31.0. The predicted octanol–water partition coefficient (Wildman–Crippen LogP) is 16.1. The number of para-hydroxylation sites is 2. The molecule has 0 bridgehead atoms. The van der Waals surface area contributed by atoms with Gasteiger partial charge in [-0.1, -0.05) is 133 Å². The van der Waals surface area contributed by atoms with Crippen LogP contribution in [0, 0.1) is 0 Å². The lowest BCUT2D eigenvalue weighted by Gasteiger charge is -2.13. The highest BCUT2D eigenvalue weighted by Crippen LogP contribution is 2.50. The lowest BCUT2D eigenvalue weighted by Crippen LogP contribution is -1.96. The van der Waals surface area contributed by atoms with Crippen molar-refractivity contribution in [2.45, 2.75) is 0 Å². The SMILES string of the molecule is c1ccc2c(c1)sc1c2c2ccccc2c2c3ccccc3n(-c3ccc4cc(-n5c6ccccc6c6c7ccccc7c7c8ccccc8sc7c65)ccc4c3)c12. The predicted molar refractivity (Wildman–Crippen MR) is 253 cm³/mol. The fourth-order valence-electron chi connectivity index (χ4n) is 10.3. The minimum Gasteiger partial charge on any atom is -0.308 e. The number of thiophene rings is 2. The monoisotopic (exact) mass is 770 g/mol. The van der Waals surface area contributed by atoms with Crippen molar-refractivity contribution in [3.8, 4) is 11.4 Å². The van der Waals surface area contributed by atoms with Crippen LogP contribution >= 0.6 is 22.7 Å². The van der Waals surface area contributed by atoms with E-state index in [0.29, 0.717) is 0 Å². The van der Waals surface area contributed by atoms with Gasteiger partial charge in [-0.2, -0.15) is 0 Å². The van der Waals surface area contributed by atoms with Gasteiger partial charge in [-0.25, -0.2) is 0 Å². The van der Waals surface area contributed by atoms with Crippen LogP contribution in [-0.2, 0) is 0 Å². The molecule has 14 aromatic rings. The number of benzene rings is 10. The van der Waals surface area contributed by atoms with Gasteiger partial charge in [0.2, 0.25) is 0 Å². The van der Waals surface area contributed by atoms with Crippen molar-refractivity contribution in [1.82, 2.24) is 9.13 Å². The van der Waals surface area contributed by atoms with Crippen LogP contribution in [-0.4, -0.2) is 9.13 Å². The van der Waals surface area contributed by atoms with Crippen molar-refractivity contribution < 1.29 is 0 Å². The van der Waals surface area contributed by atoms with Crippen LogP contribution in [0.2, 0.25) is 0 Å². The molecule has 4 heteroatoms. The average Bonchev–Trinajstić information content (AvgIpc) is 4.04. The second-order valence-electron chi connectivity index (χ2n) is 15.6. The summed E-state index contributed by atoms with van der Waals surface area (Å²) in [4.78, 5) is 0. The molecule has 0 unspecified atom stereocenters. The molecule has 0 aliphatic rings. The molecule has 0 radical (unpaired) electrons. The number of hydrogen-bond donors (Lipinski definition) is 0. The van der Waals surface area contributed by atoms with E-state index in [2.05, 4.69) is 191 Å². The van der Waals surface area contributed by atoms with Crippen LogP contribution in [0.15, 0.2) is 182 Å². The minimum atomic E-state index is 1.18. The Balaban J connectivity index is 1.05. The molecular formula is C54H30N2S2. The van der Waals surface area contributed by atoms with E-state index < -0.39 is 0 Å². The van der Waals surface area contributed by atoms with E-state index >= 15 is 0 Å². The Kier molecular flexibility index (Phi) is 6.08. The molecule has 0 spiro atoms. The van der Waals surface area contributed by atoms with Crippen molar-refractivity contribution >= 4 is 139 Å². The van der Waals surface area contributed by atoms with Gasteiger partial charge in [0.1, 0.15) is 0 Å². The smallest absolute Gasteiger partial charge is 0.0726 e. The molecule has 0 aliphatic carbocycles. The van der Waals surface area contributed by atoms with Gasteiger partial charge < -0.3 is 9.13 Å². The van der Waals surface area contributed by atoms with Gasteiger partial charge in [-0.05, 0) is 80.8 Å². The molecule has 58 heavy (non-hydrogen) atoms. The molecular weight excluding hydrogens is 741 g/mol. The maximum atomic E-state index is 2.53. The van der Waals surface area contributed by atoms with Gasteiger partial charge >= 0.3 is 0 Å². The molecule has 0 atom stereocenters. The summed E-state index contributed by atoms with van der Waals surface area (Å²) in [6.45, 7) is 0. The fourth-order valence-corrected chi connectivity index (χ4v) is 12.8. The van der Waals surface area contributed by atoms with Gasteiger partial charge in [0.25, 0.3) is 0 Å². The molecule has 2 nitrogen and oxygen atoms in total. The maximum absolute atomic E-state index is 2.53. The largest absolute Gasteiger partial charge is 0.308 e. The molecule has 10 aromatic carbocycles. The Morgan fingerprint density at radius 3 is 1.07 bits per heavy atom. The maximum Gasteiger partial charge on any atom is 0.0726 e. The number of rotatable bonds is 2. The Hall–Kier alpha value is -6.98. The highest BCUT2D eigenvalue weighted by atomic mass is 32.1. The molecule has 0 saturated carbocycles. The second-order valence-corrected chi connectivity index (χ2v) is 17.7. The first-order valence-electron chi connectivity index (χ1n) is 19.8. The molecule has 0 amide bonds. The van der Waals surface area contributed by atoms with Crippen LogP contribution in [0.5, 0.6) is 0 Å². The van der Waals surface area contributed by atoms with Crippen molar-refractivity contribution in [1.29, 1.82) is 0 Å². The first-order valence-corrected chi connectivity index (χ1v) is 21.5. The molecule has 4 heterocycles. The number of fused-ring (bicyclic) bond motifs is 21. The first-order chi connectivity index (χ1) is 28.8. The highest BCUT2D eigenvalue weighted by molar-refractivity contribution is 7.27. The van der Waals surface area contributed by atoms with Crippen LogP contribution in [0.3, 0.4) is 0 Å². The summed E-state index contributed by atoms with van der Waals surface area (Å²) < 4.78 is 10.4. The van der Waals surface area contributed by atoms with Gasteiger partial charge in [0, 0.05) is 63.9 Å². The third-order valence-electron chi connectivity index (χ3n) is 12.6. The van der Waals surface area contributed by atoms with Crippen molar-refractivity contribution in [2.75, 3.05) is 0 Å². The summed E-state index contributed by atoms with van der Waals surface area (Å²) in [5.41, 5.74) is 7.39. The van der Waals surface area contributed by atoms with Crippen molar-refractivity contribution in [3.63, 3.8) is 0 Å². The van der Waals surface area contributed by atoms with Crippen LogP contribution in [0.1, 0.15) is 0 Å². The molecule has 0 saturated heterocycles. The van der Waals surface area contributed by atoms with Gasteiger partial charge in [-0.3, -0.25) is 0 Å². The lowest BCUT2D eigenvalue weighted by atomic mass is 9.99. The molecule has 4 aromatic heterocycles. The van der Waals surface area contributed by atoms with E-state index in [1.807, 2.05) is 22.7 Å².